The van der Waals surface area contributed by atoms with E-state index in [0.717, 1.165) is 22.4 Å². The number of carbonyl (C=O) groups is 2. The second-order valence-corrected chi connectivity index (χ2v) is 8.03. The summed E-state index contributed by atoms with van der Waals surface area (Å²) in [6.07, 6.45) is 0. The zero-order valence-corrected chi connectivity index (χ0v) is 18.6. The first-order valence-electron chi connectivity index (χ1n) is 10.2. The average molecular weight is 447 g/mol. The standard InChI is InChI=1S/C25H23ClN4O2/c1-27-25(32)30(2)15-16-8-11-19(12-9-16)28-23(17-6-4-3-5-7-17)22-20-13-10-18(26)14-21(20)29-24(22)31/h3-14,22H,15H2,1-2H3,(H,27,32)(H,29,31). The Kier molecular flexibility index (Phi) is 6.23. The van der Waals surface area contributed by atoms with Gasteiger partial charge in [-0.05, 0) is 41.0 Å². The number of halogens is 1. The molecule has 0 aliphatic carbocycles. The van der Waals surface area contributed by atoms with Gasteiger partial charge in [0, 0.05) is 31.4 Å². The molecule has 3 amide bonds. The Morgan fingerprint density at radius 1 is 1.09 bits per heavy atom. The molecule has 1 aliphatic rings. The van der Waals surface area contributed by atoms with Crippen LogP contribution in [0.5, 0.6) is 0 Å². The molecule has 0 saturated carbocycles. The van der Waals surface area contributed by atoms with E-state index in [-0.39, 0.29) is 11.9 Å². The van der Waals surface area contributed by atoms with Crippen LogP contribution in [-0.4, -0.2) is 36.6 Å². The van der Waals surface area contributed by atoms with Crippen LogP contribution >= 0.6 is 11.6 Å². The van der Waals surface area contributed by atoms with Gasteiger partial charge in [-0.1, -0.05) is 60.1 Å². The fraction of sp³-hybridized carbons (Fsp3) is 0.160. The summed E-state index contributed by atoms with van der Waals surface area (Å²) in [5.74, 6) is -0.669. The minimum absolute atomic E-state index is 0.131. The minimum Gasteiger partial charge on any atom is -0.341 e. The highest BCUT2D eigenvalue weighted by Crippen LogP contribution is 2.37. The molecule has 1 atom stereocenters. The quantitative estimate of drug-likeness (QED) is 0.543. The van der Waals surface area contributed by atoms with Crippen LogP contribution in [0, 0.1) is 0 Å². The number of nitrogens with zero attached hydrogens (tertiary/aromatic N) is 2. The maximum absolute atomic E-state index is 12.9. The van der Waals surface area contributed by atoms with Crippen molar-refractivity contribution in [3.8, 4) is 0 Å². The van der Waals surface area contributed by atoms with Crippen LogP contribution in [0.25, 0.3) is 0 Å². The molecule has 1 aliphatic heterocycles. The fourth-order valence-electron chi connectivity index (χ4n) is 3.76. The average Bonchev–Trinajstić information content (AvgIpc) is 3.13. The molecule has 3 aromatic rings. The molecule has 0 aromatic heterocycles. The predicted octanol–water partition coefficient (Wildman–Crippen LogP) is 4.97. The molecule has 6 nitrogen and oxygen atoms in total. The van der Waals surface area contributed by atoms with E-state index in [0.29, 0.717) is 23.0 Å². The highest BCUT2D eigenvalue weighted by atomic mass is 35.5. The molecule has 2 N–H and O–H groups in total. The molecular weight excluding hydrogens is 424 g/mol. The zero-order chi connectivity index (χ0) is 22.7. The Bertz CT molecular complexity index is 1180. The van der Waals surface area contributed by atoms with E-state index in [2.05, 4.69) is 10.6 Å². The Morgan fingerprint density at radius 2 is 1.81 bits per heavy atom. The number of aliphatic imine (C=N–C) groups is 1. The maximum Gasteiger partial charge on any atom is 0.317 e. The zero-order valence-electron chi connectivity index (χ0n) is 17.8. The van der Waals surface area contributed by atoms with Crippen molar-refractivity contribution in [2.75, 3.05) is 19.4 Å². The summed E-state index contributed by atoms with van der Waals surface area (Å²) in [7, 11) is 3.34. The lowest BCUT2D eigenvalue weighted by Gasteiger charge is -2.17. The molecule has 1 unspecified atom stereocenters. The molecule has 1 heterocycles. The molecule has 162 valence electrons. The van der Waals surface area contributed by atoms with Crippen molar-refractivity contribution in [2.45, 2.75) is 12.5 Å². The number of fused-ring (bicyclic) bond motifs is 1. The number of benzene rings is 3. The molecule has 32 heavy (non-hydrogen) atoms. The number of carbonyl (C=O) groups excluding carboxylic acids is 2. The summed E-state index contributed by atoms with van der Waals surface area (Å²) < 4.78 is 0. The van der Waals surface area contributed by atoms with Crippen LogP contribution < -0.4 is 10.6 Å². The Hall–Kier alpha value is -3.64. The number of rotatable bonds is 5. The van der Waals surface area contributed by atoms with Crippen LogP contribution in [0.4, 0.5) is 16.2 Å². The normalized spacial score (nSPS) is 15.2. The second kappa shape index (κ2) is 9.24. The van der Waals surface area contributed by atoms with E-state index in [9.17, 15) is 9.59 Å². The molecule has 3 aromatic carbocycles. The van der Waals surface area contributed by atoms with Crippen molar-refractivity contribution in [1.82, 2.24) is 10.2 Å². The Balaban J connectivity index is 1.70. The smallest absolute Gasteiger partial charge is 0.317 e. The van der Waals surface area contributed by atoms with Crippen LogP contribution in [0.2, 0.25) is 5.02 Å². The molecule has 0 spiro atoms. The minimum atomic E-state index is -0.538. The summed E-state index contributed by atoms with van der Waals surface area (Å²) in [6, 6.07) is 22.6. The Morgan fingerprint density at radius 3 is 2.50 bits per heavy atom. The summed E-state index contributed by atoms with van der Waals surface area (Å²) in [6.45, 7) is 0.481. The predicted molar refractivity (Wildman–Crippen MR) is 128 cm³/mol. The van der Waals surface area contributed by atoms with E-state index in [1.165, 1.54) is 0 Å². The van der Waals surface area contributed by atoms with Gasteiger partial charge in [-0.2, -0.15) is 0 Å². The van der Waals surface area contributed by atoms with Crippen LogP contribution in [0.1, 0.15) is 22.6 Å². The topological polar surface area (TPSA) is 73.8 Å². The number of hydrogen-bond donors (Lipinski definition) is 2. The molecule has 0 bridgehead atoms. The van der Waals surface area contributed by atoms with Gasteiger partial charge in [0.05, 0.1) is 11.4 Å². The van der Waals surface area contributed by atoms with Crippen molar-refractivity contribution >= 4 is 40.6 Å². The van der Waals surface area contributed by atoms with Crippen LogP contribution in [-0.2, 0) is 11.3 Å². The lowest BCUT2D eigenvalue weighted by Crippen LogP contribution is -2.34. The highest BCUT2D eigenvalue weighted by Gasteiger charge is 2.35. The van der Waals surface area contributed by atoms with Gasteiger partial charge in [-0.3, -0.25) is 9.79 Å². The Labute approximate surface area is 191 Å². The van der Waals surface area contributed by atoms with E-state index in [1.807, 2.05) is 60.7 Å². The monoisotopic (exact) mass is 446 g/mol. The third-order valence-corrected chi connectivity index (χ3v) is 5.59. The molecular formula is C25H23ClN4O2. The van der Waals surface area contributed by atoms with Crippen molar-refractivity contribution in [3.63, 3.8) is 0 Å². The van der Waals surface area contributed by atoms with Crippen molar-refractivity contribution < 1.29 is 9.59 Å². The van der Waals surface area contributed by atoms with Crippen molar-refractivity contribution in [2.24, 2.45) is 4.99 Å². The third kappa shape index (κ3) is 4.50. The van der Waals surface area contributed by atoms with Crippen molar-refractivity contribution in [1.29, 1.82) is 0 Å². The lowest BCUT2D eigenvalue weighted by molar-refractivity contribution is -0.115. The summed E-state index contributed by atoms with van der Waals surface area (Å²) in [5.41, 5.74) is 4.81. The van der Waals surface area contributed by atoms with Crippen LogP contribution in [0.3, 0.4) is 0 Å². The largest absolute Gasteiger partial charge is 0.341 e. The summed E-state index contributed by atoms with van der Waals surface area (Å²) >= 11 is 6.11. The van der Waals surface area contributed by atoms with Crippen LogP contribution in [0.15, 0.2) is 77.8 Å². The van der Waals surface area contributed by atoms with Gasteiger partial charge < -0.3 is 15.5 Å². The fourth-order valence-corrected chi connectivity index (χ4v) is 3.93. The van der Waals surface area contributed by atoms with Gasteiger partial charge >= 0.3 is 6.03 Å². The summed E-state index contributed by atoms with van der Waals surface area (Å²) in [4.78, 5) is 31.1. The maximum atomic E-state index is 12.9. The number of amides is 3. The molecule has 0 fully saturated rings. The number of nitrogens with one attached hydrogen (secondary N) is 2. The van der Waals surface area contributed by atoms with Crippen molar-refractivity contribution in [3.05, 3.63) is 94.5 Å². The van der Waals surface area contributed by atoms with E-state index < -0.39 is 5.92 Å². The first-order valence-corrected chi connectivity index (χ1v) is 10.6. The number of urea groups is 1. The molecule has 0 saturated heterocycles. The SMILES string of the molecule is CNC(=O)N(C)Cc1ccc(N=C(c2ccccc2)C2C(=O)Nc3cc(Cl)ccc32)cc1. The van der Waals surface area contributed by atoms with Gasteiger partial charge in [0.2, 0.25) is 5.91 Å². The highest BCUT2D eigenvalue weighted by molar-refractivity contribution is 6.31. The molecule has 4 rings (SSSR count). The van der Waals surface area contributed by atoms with E-state index in [1.54, 1.807) is 31.1 Å². The van der Waals surface area contributed by atoms with Gasteiger partial charge in [-0.15, -0.1) is 0 Å². The first-order chi connectivity index (χ1) is 15.5. The van der Waals surface area contributed by atoms with Gasteiger partial charge in [0.1, 0.15) is 5.92 Å². The van der Waals surface area contributed by atoms with Gasteiger partial charge in [-0.25, -0.2) is 4.79 Å². The van der Waals surface area contributed by atoms with E-state index >= 15 is 0 Å². The van der Waals surface area contributed by atoms with Gasteiger partial charge in [0.15, 0.2) is 0 Å². The lowest BCUT2D eigenvalue weighted by atomic mass is 9.90. The number of hydrogen-bond acceptors (Lipinski definition) is 3. The first kappa shape index (κ1) is 21.6. The van der Waals surface area contributed by atoms with Gasteiger partial charge in [0.25, 0.3) is 0 Å². The van der Waals surface area contributed by atoms with E-state index in [4.69, 9.17) is 16.6 Å². The number of anilines is 1. The second-order valence-electron chi connectivity index (χ2n) is 7.59. The molecule has 0 radical (unpaired) electrons. The summed E-state index contributed by atoms with van der Waals surface area (Å²) in [5, 5.41) is 6.10. The third-order valence-electron chi connectivity index (χ3n) is 5.36. The molecule has 7 heteroatoms.